The van der Waals surface area contributed by atoms with Gasteiger partial charge in [0.15, 0.2) is 5.96 Å². The third-order valence-corrected chi connectivity index (χ3v) is 2.61. The molecule has 1 atom stereocenters. The summed E-state index contributed by atoms with van der Waals surface area (Å²) in [5, 5.41) is 8.62. The van der Waals surface area contributed by atoms with Gasteiger partial charge in [-0.25, -0.2) is 0 Å². The molecular formula is C10H18N4. The van der Waals surface area contributed by atoms with Crippen molar-refractivity contribution in [2.45, 2.75) is 25.8 Å². The molecule has 0 radical (unpaired) electrons. The molecule has 1 unspecified atom stereocenters. The second-order valence-corrected chi connectivity index (χ2v) is 3.78. The van der Waals surface area contributed by atoms with E-state index in [1.807, 2.05) is 21.0 Å². The maximum absolute atomic E-state index is 8.62. The molecule has 0 saturated carbocycles. The second kappa shape index (κ2) is 4.85. The average molecular weight is 194 g/mol. The molecule has 1 rings (SSSR count). The summed E-state index contributed by atoms with van der Waals surface area (Å²) < 4.78 is 0. The van der Waals surface area contributed by atoms with Gasteiger partial charge in [0.25, 0.3) is 0 Å². The van der Waals surface area contributed by atoms with Gasteiger partial charge in [-0.3, -0.25) is 4.99 Å². The third-order valence-electron chi connectivity index (χ3n) is 2.61. The van der Waals surface area contributed by atoms with E-state index in [1.165, 1.54) is 0 Å². The predicted molar refractivity (Wildman–Crippen MR) is 57.0 cm³/mol. The Kier molecular flexibility index (Phi) is 3.75. The van der Waals surface area contributed by atoms with E-state index < -0.39 is 0 Å². The van der Waals surface area contributed by atoms with Crippen LogP contribution in [0.3, 0.4) is 0 Å². The summed E-state index contributed by atoms with van der Waals surface area (Å²) in [4.78, 5) is 8.71. The molecule has 1 aliphatic heterocycles. The van der Waals surface area contributed by atoms with Gasteiger partial charge in [-0.15, -0.1) is 0 Å². The zero-order valence-electron chi connectivity index (χ0n) is 9.19. The van der Waals surface area contributed by atoms with E-state index in [4.69, 9.17) is 5.26 Å². The van der Waals surface area contributed by atoms with Crippen LogP contribution in [0.1, 0.15) is 19.8 Å². The monoisotopic (exact) mass is 194 g/mol. The van der Waals surface area contributed by atoms with Crippen molar-refractivity contribution in [1.29, 1.82) is 5.26 Å². The molecule has 14 heavy (non-hydrogen) atoms. The Balaban J connectivity index is 2.63. The quantitative estimate of drug-likeness (QED) is 0.656. The lowest BCUT2D eigenvalue weighted by Gasteiger charge is -2.34. The van der Waals surface area contributed by atoms with Gasteiger partial charge >= 0.3 is 0 Å². The first-order valence-electron chi connectivity index (χ1n) is 5.02. The highest BCUT2D eigenvalue weighted by Crippen LogP contribution is 2.08. The van der Waals surface area contributed by atoms with Crippen molar-refractivity contribution in [2.24, 2.45) is 4.99 Å². The number of hydrogen-bond acceptors (Lipinski definition) is 4. The molecule has 4 heteroatoms. The Morgan fingerprint density at radius 3 is 3.00 bits per heavy atom. The Hall–Kier alpha value is -1.24. The molecule has 0 bridgehead atoms. The van der Waals surface area contributed by atoms with Crippen LogP contribution in [0.25, 0.3) is 0 Å². The van der Waals surface area contributed by atoms with Crippen LogP contribution >= 0.6 is 0 Å². The molecule has 1 aliphatic rings. The summed E-state index contributed by atoms with van der Waals surface area (Å²) >= 11 is 0. The fourth-order valence-electron chi connectivity index (χ4n) is 1.55. The molecule has 0 aliphatic carbocycles. The fraction of sp³-hybridized carbons (Fsp3) is 0.800. The van der Waals surface area contributed by atoms with Crippen LogP contribution < -0.4 is 0 Å². The van der Waals surface area contributed by atoms with Gasteiger partial charge in [0.1, 0.15) is 0 Å². The lowest BCUT2D eigenvalue weighted by atomic mass is 10.2. The summed E-state index contributed by atoms with van der Waals surface area (Å²) in [5.74, 6) is 1.01. The van der Waals surface area contributed by atoms with Crippen molar-refractivity contribution in [3.63, 3.8) is 0 Å². The minimum absolute atomic E-state index is 0.235. The average Bonchev–Trinajstić information content (AvgIpc) is 2.18. The molecule has 0 N–H and O–H groups in total. The van der Waals surface area contributed by atoms with Crippen LogP contribution in [0.5, 0.6) is 0 Å². The molecule has 0 amide bonds. The molecule has 0 aromatic carbocycles. The summed E-state index contributed by atoms with van der Waals surface area (Å²) in [6.45, 7) is 4.01. The number of guanidine groups is 1. The van der Waals surface area contributed by atoms with E-state index in [1.54, 1.807) is 0 Å². The van der Waals surface area contributed by atoms with E-state index in [9.17, 15) is 0 Å². The molecule has 1 heterocycles. The zero-order valence-corrected chi connectivity index (χ0v) is 9.19. The van der Waals surface area contributed by atoms with Crippen LogP contribution in [-0.4, -0.2) is 49.0 Å². The normalized spacial score (nSPS) is 18.4. The smallest absolute Gasteiger partial charge is 0.196 e. The Morgan fingerprint density at radius 2 is 2.43 bits per heavy atom. The first kappa shape index (κ1) is 10.8. The standard InChI is InChI=1S/C10H18N4/c1-9(5-6-11)14(3)10-12-7-4-8-13(10)2/h9H,4-5,7-8H2,1-3H3. The van der Waals surface area contributed by atoms with Gasteiger partial charge in [0, 0.05) is 33.2 Å². The molecule has 0 saturated heterocycles. The number of nitriles is 1. The second-order valence-electron chi connectivity index (χ2n) is 3.78. The lowest BCUT2D eigenvalue weighted by molar-refractivity contribution is 0.317. The molecule has 0 aromatic heterocycles. The Labute approximate surface area is 85.8 Å². The summed E-state index contributed by atoms with van der Waals surface area (Å²) in [6.07, 6.45) is 1.67. The van der Waals surface area contributed by atoms with Crippen LogP contribution in [0.4, 0.5) is 0 Å². The third kappa shape index (κ3) is 2.38. The highest BCUT2D eigenvalue weighted by molar-refractivity contribution is 5.80. The van der Waals surface area contributed by atoms with Gasteiger partial charge in [-0.2, -0.15) is 5.26 Å². The van der Waals surface area contributed by atoms with E-state index in [0.717, 1.165) is 25.5 Å². The van der Waals surface area contributed by atoms with Crippen LogP contribution in [0, 0.1) is 11.3 Å². The van der Waals surface area contributed by atoms with Crippen LogP contribution in [0.2, 0.25) is 0 Å². The molecule has 0 spiro atoms. The maximum atomic E-state index is 8.62. The highest BCUT2D eigenvalue weighted by atomic mass is 15.4. The summed E-state index contributed by atoms with van der Waals surface area (Å²) in [7, 11) is 4.05. The number of hydrogen-bond donors (Lipinski definition) is 0. The minimum atomic E-state index is 0.235. The van der Waals surface area contributed by atoms with Gasteiger partial charge in [-0.05, 0) is 13.3 Å². The summed E-state index contributed by atoms with van der Waals surface area (Å²) in [6, 6.07) is 2.42. The number of nitrogens with zero attached hydrogens (tertiary/aromatic N) is 4. The topological polar surface area (TPSA) is 42.6 Å². The number of aliphatic imine (C=N–C) groups is 1. The Bertz CT molecular complexity index is 253. The van der Waals surface area contributed by atoms with Crippen LogP contribution in [-0.2, 0) is 0 Å². The largest absolute Gasteiger partial charge is 0.346 e. The molecule has 78 valence electrons. The van der Waals surface area contributed by atoms with E-state index in [2.05, 4.69) is 20.9 Å². The van der Waals surface area contributed by atoms with E-state index in [-0.39, 0.29) is 6.04 Å². The van der Waals surface area contributed by atoms with E-state index >= 15 is 0 Å². The zero-order chi connectivity index (χ0) is 10.6. The number of rotatable bonds is 2. The van der Waals surface area contributed by atoms with Crippen molar-refractivity contribution >= 4 is 5.96 Å². The van der Waals surface area contributed by atoms with Crippen molar-refractivity contribution in [3.05, 3.63) is 0 Å². The molecule has 0 fully saturated rings. The summed E-state index contributed by atoms with van der Waals surface area (Å²) in [5.41, 5.74) is 0. The predicted octanol–water partition coefficient (Wildman–Crippen LogP) is 0.912. The first-order valence-corrected chi connectivity index (χ1v) is 5.02. The highest BCUT2D eigenvalue weighted by Gasteiger charge is 2.19. The molecule has 4 nitrogen and oxygen atoms in total. The van der Waals surface area contributed by atoms with Gasteiger partial charge < -0.3 is 9.80 Å². The molecule has 0 aromatic rings. The fourth-order valence-corrected chi connectivity index (χ4v) is 1.55. The van der Waals surface area contributed by atoms with Crippen molar-refractivity contribution in [3.8, 4) is 6.07 Å². The van der Waals surface area contributed by atoms with Crippen molar-refractivity contribution in [2.75, 3.05) is 27.2 Å². The first-order chi connectivity index (χ1) is 6.66. The van der Waals surface area contributed by atoms with Gasteiger partial charge in [0.05, 0.1) is 12.5 Å². The van der Waals surface area contributed by atoms with Gasteiger partial charge in [-0.1, -0.05) is 0 Å². The lowest BCUT2D eigenvalue weighted by Crippen LogP contribution is -2.46. The van der Waals surface area contributed by atoms with E-state index in [0.29, 0.717) is 6.42 Å². The van der Waals surface area contributed by atoms with Crippen molar-refractivity contribution in [1.82, 2.24) is 9.80 Å². The SMILES string of the molecule is CC(CC#N)N(C)C1=NCCCN1C. The Morgan fingerprint density at radius 1 is 1.71 bits per heavy atom. The minimum Gasteiger partial charge on any atom is -0.346 e. The van der Waals surface area contributed by atoms with Crippen molar-refractivity contribution < 1.29 is 0 Å². The van der Waals surface area contributed by atoms with Crippen LogP contribution in [0.15, 0.2) is 4.99 Å². The maximum Gasteiger partial charge on any atom is 0.196 e. The van der Waals surface area contributed by atoms with Gasteiger partial charge in [0.2, 0.25) is 0 Å². The molecular weight excluding hydrogens is 176 g/mol.